The molecule has 0 aromatic carbocycles. The zero-order valence-electron chi connectivity index (χ0n) is 9.95. The third-order valence-electron chi connectivity index (χ3n) is 3.43. The second kappa shape index (κ2) is 5.63. The highest BCUT2D eigenvalue weighted by molar-refractivity contribution is 9.09. The average molecular weight is 297 g/mol. The summed E-state index contributed by atoms with van der Waals surface area (Å²) in [6.07, 6.45) is 5.19. The number of aryl methyl sites for hydroxylation is 1. The number of carbonyl (C=O) groups excluding carboxylic acids is 1. The van der Waals surface area contributed by atoms with E-state index in [1.807, 2.05) is 13.0 Å². The molecule has 2 rings (SSSR count). The summed E-state index contributed by atoms with van der Waals surface area (Å²) in [7, 11) is 0. The smallest absolute Gasteiger partial charge is 0.253 e. The standard InChI is InChI=1S/C13H17BrN2O/c1-9-11(5-3-7-15-9)13(17)16-12-6-2-4-10(12)8-14/h3,5,7,10,12H,2,4,6,8H2,1H3,(H,16,17). The molecule has 1 heterocycles. The minimum absolute atomic E-state index is 0.00782. The van der Waals surface area contributed by atoms with E-state index in [1.54, 1.807) is 12.3 Å². The zero-order chi connectivity index (χ0) is 12.3. The van der Waals surface area contributed by atoms with Gasteiger partial charge in [-0.05, 0) is 37.8 Å². The quantitative estimate of drug-likeness (QED) is 0.872. The van der Waals surface area contributed by atoms with Gasteiger partial charge in [0.05, 0.1) is 5.56 Å². The zero-order valence-corrected chi connectivity index (χ0v) is 11.5. The molecule has 0 aliphatic heterocycles. The number of hydrogen-bond acceptors (Lipinski definition) is 2. The van der Waals surface area contributed by atoms with Crippen molar-refractivity contribution in [3.63, 3.8) is 0 Å². The Morgan fingerprint density at radius 3 is 3.12 bits per heavy atom. The summed E-state index contributed by atoms with van der Waals surface area (Å²) >= 11 is 3.51. The molecule has 92 valence electrons. The van der Waals surface area contributed by atoms with Gasteiger partial charge in [-0.2, -0.15) is 0 Å². The summed E-state index contributed by atoms with van der Waals surface area (Å²) in [6.45, 7) is 1.87. The molecule has 4 heteroatoms. The van der Waals surface area contributed by atoms with Gasteiger partial charge in [-0.25, -0.2) is 0 Å². The molecule has 0 radical (unpaired) electrons. The Morgan fingerprint density at radius 2 is 2.41 bits per heavy atom. The number of nitrogens with zero attached hydrogens (tertiary/aromatic N) is 1. The minimum atomic E-state index is 0.00782. The summed E-state index contributed by atoms with van der Waals surface area (Å²) in [4.78, 5) is 16.3. The van der Waals surface area contributed by atoms with Gasteiger partial charge in [0.25, 0.3) is 5.91 Å². The second-order valence-electron chi connectivity index (χ2n) is 4.56. The Balaban J connectivity index is 2.04. The first-order chi connectivity index (χ1) is 8.22. The number of aromatic nitrogens is 1. The molecule has 1 aliphatic carbocycles. The SMILES string of the molecule is Cc1ncccc1C(=O)NC1CCCC1CBr. The minimum Gasteiger partial charge on any atom is -0.349 e. The van der Waals surface area contributed by atoms with Crippen LogP contribution in [0.3, 0.4) is 0 Å². The molecule has 2 atom stereocenters. The van der Waals surface area contributed by atoms with Gasteiger partial charge >= 0.3 is 0 Å². The lowest BCUT2D eigenvalue weighted by Gasteiger charge is -2.19. The molecule has 1 saturated carbocycles. The van der Waals surface area contributed by atoms with Crippen molar-refractivity contribution in [3.8, 4) is 0 Å². The Hall–Kier alpha value is -0.900. The number of amides is 1. The van der Waals surface area contributed by atoms with Crippen molar-refractivity contribution in [2.75, 3.05) is 5.33 Å². The highest BCUT2D eigenvalue weighted by Gasteiger charge is 2.28. The van der Waals surface area contributed by atoms with Gasteiger partial charge in [-0.1, -0.05) is 22.4 Å². The lowest BCUT2D eigenvalue weighted by Crippen LogP contribution is -2.38. The Bertz CT molecular complexity index is 408. The number of halogens is 1. The van der Waals surface area contributed by atoms with E-state index < -0.39 is 0 Å². The van der Waals surface area contributed by atoms with Crippen LogP contribution in [0.1, 0.15) is 35.3 Å². The van der Waals surface area contributed by atoms with Gasteiger partial charge in [-0.3, -0.25) is 9.78 Å². The first-order valence-corrected chi connectivity index (χ1v) is 7.13. The van der Waals surface area contributed by atoms with Crippen molar-refractivity contribution < 1.29 is 4.79 Å². The first kappa shape index (κ1) is 12.6. The van der Waals surface area contributed by atoms with Crippen molar-refractivity contribution in [2.24, 2.45) is 5.92 Å². The molecule has 1 aromatic heterocycles. The molecule has 1 aromatic rings. The number of alkyl halides is 1. The van der Waals surface area contributed by atoms with Gasteiger partial charge in [0.1, 0.15) is 0 Å². The van der Waals surface area contributed by atoms with Crippen LogP contribution < -0.4 is 5.32 Å². The van der Waals surface area contributed by atoms with Crippen LogP contribution in [0.2, 0.25) is 0 Å². The maximum atomic E-state index is 12.1. The lowest BCUT2D eigenvalue weighted by molar-refractivity contribution is 0.0929. The van der Waals surface area contributed by atoms with E-state index in [4.69, 9.17) is 0 Å². The van der Waals surface area contributed by atoms with E-state index in [2.05, 4.69) is 26.2 Å². The van der Waals surface area contributed by atoms with Crippen molar-refractivity contribution in [2.45, 2.75) is 32.2 Å². The van der Waals surface area contributed by atoms with E-state index in [-0.39, 0.29) is 5.91 Å². The molecule has 0 bridgehead atoms. The van der Waals surface area contributed by atoms with E-state index in [0.717, 1.165) is 17.4 Å². The molecule has 1 N–H and O–H groups in total. The first-order valence-electron chi connectivity index (χ1n) is 6.01. The molecule has 3 nitrogen and oxygen atoms in total. The fourth-order valence-electron chi connectivity index (χ4n) is 2.38. The molecular weight excluding hydrogens is 280 g/mol. The molecule has 1 fully saturated rings. The maximum Gasteiger partial charge on any atom is 0.253 e. The summed E-state index contributed by atoms with van der Waals surface area (Å²) in [5, 5.41) is 4.09. The van der Waals surface area contributed by atoms with Crippen LogP contribution in [0, 0.1) is 12.8 Å². The number of pyridine rings is 1. The third-order valence-corrected chi connectivity index (χ3v) is 4.26. The number of carbonyl (C=O) groups is 1. The fraction of sp³-hybridized carbons (Fsp3) is 0.538. The van der Waals surface area contributed by atoms with Gasteiger partial charge in [-0.15, -0.1) is 0 Å². The van der Waals surface area contributed by atoms with Crippen LogP contribution in [-0.2, 0) is 0 Å². The molecule has 2 unspecified atom stereocenters. The van der Waals surface area contributed by atoms with Crippen LogP contribution in [0.25, 0.3) is 0 Å². The highest BCUT2D eigenvalue weighted by Crippen LogP contribution is 2.27. The molecule has 0 spiro atoms. The Kier molecular flexibility index (Phi) is 4.15. The van der Waals surface area contributed by atoms with Crippen molar-refractivity contribution in [3.05, 3.63) is 29.6 Å². The summed E-state index contributed by atoms with van der Waals surface area (Å²) < 4.78 is 0. The van der Waals surface area contributed by atoms with Gasteiger partial charge in [0.2, 0.25) is 0 Å². The topological polar surface area (TPSA) is 42.0 Å². The largest absolute Gasteiger partial charge is 0.349 e. The number of hydrogen-bond donors (Lipinski definition) is 1. The van der Waals surface area contributed by atoms with Crippen LogP contribution >= 0.6 is 15.9 Å². The van der Waals surface area contributed by atoms with Crippen LogP contribution in [-0.4, -0.2) is 22.3 Å². The second-order valence-corrected chi connectivity index (χ2v) is 5.21. The average Bonchev–Trinajstić information content (AvgIpc) is 2.76. The van der Waals surface area contributed by atoms with Gasteiger partial charge in [0.15, 0.2) is 0 Å². The summed E-state index contributed by atoms with van der Waals surface area (Å²) in [6, 6.07) is 3.94. The predicted molar refractivity (Wildman–Crippen MR) is 71.4 cm³/mol. The monoisotopic (exact) mass is 296 g/mol. The van der Waals surface area contributed by atoms with Crippen molar-refractivity contribution in [1.29, 1.82) is 0 Å². The molecule has 1 aliphatic rings. The third kappa shape index (κ3) is 2.86. The number of nitrogens with one attached hydrogen (secondary N) is 1. The molecular formula is C13H17BrN2O. The Labute approximate surface area is 110 Å². The van der Waals surface area contributed by atoms with E-state index >= 15 is 0 Å². The predicted octanol–water partition coefficient (Wildman–Crippen LogP) is 2.68. The van der Waals surface area contributed by atoms with Crippen LogP contribution in [0.5, 0.6) is 0 Å². The van der Waals surface area contributed by atoms with Crippen molar-refractivity contribution in [1.82, 2.24) is 10.3 Å². The summed E-state index contributed by atoms with van der Waals surface area (Å²) in [5.74, 6) is 0.573. The van der Waals surface area contributed by atoms with E-state index in [9.17, 15) is 4.79 Å². The summed E-state index contributed by atoms with van der Waals surface area (Å²) in [5.41, 5.74) is 1.48. The number of rotatable bonds is 3. The lowest BCUT2D eigenvalue weighted by atomic mass is 10.1. The van der Waals surface area contributed by atoms with Crippen LogP contribution in [0.15, 0.2) is 18.3 Å². The maximum absolute atomic E-state index is 12.1. The molecule has 0 saturated heterocycles. The van der Waals surface area contributed by atoms with Gasteiger partial charge < -0.3 is 5.32 Å². The molecule has 17 heavy (non-hydrogen) atoms. The molecule has 1 amide bonds. The normalized spacial score (nSPS) is 23.6. The van der Waals surface area contributed by atoms with Crippen molar-refractivity contribution >= 4 is 21.8 Å². The highest BCUT2D eigenvalue weighted by atomic mass is 79.9. The van der Waals surface area contributed by atoms with E-state index in [0.29, 0.717) is 17.5 Å². The van der Waals surface area contributed by atoms with Crippen LogP contribution in [0.4, 0.5) is 0 Å². The van der Waals surface area contributed by atoms with Gasteiger partial charge in [0, 0.05) is 23.3 Å². The fourth-order valence-corrected chi connectivity index (χ4v) is 3.16. The Morgan fingerprint density at radius 1 is 1.59 bits per heavy atom. The van der Waals surface area contributed by atoms with E-state index in [1.165, 1.54) is 12.8 Å².